The van der Waals surface area contributed by atoms with Crippen LogP contribution in [0, 0.1) is 11.3 Å². The molecule has 3 nitrogen and oxygen atoms in total. The van der Waals surface area contributed by atoms with Crippen molar-refractivity contribution in [3.8, 4) is 6.07 Å². The Kier molecular flexibility index (Phi) is 5.05. The molecule has 0 N–H and O–H groups in total. The van der Waals surface area contributed by atoms with E-state index in [0.29, 0.717) is 5.56 Å². The monoisotopic (exact) mass is 262 g/mol. The number of nitrogens with zero attached hydrogens (tertiary/aromatic N) is 2. The highest BCUT2D eigenvalue weighted by Gasteiger charge is 2.25. The van der Waals surface area contributed by atoms with Gasteiger partial charge in [0.2, 0.25) is 5.91 Å². The van der Waals surface area contributed by atoms with Crippen molar-refractivity contribution in [2.45, 2.75) is 32.7 Å². The van der Waals surface area contributed by atoms with E-state index in [2.05, 4.69) is 0 Å². The van der Waals surface area contributed by atoms with E-state index in [9.17, 15) is 9.18 Å². The smallest absolute Gasteiger partial charge is 0.227 e. The molecule has 0 aliphatic heterocycles. The van der Waals surface area contributed by atoms with Crippen LogP contribution in [0.2, 0.25) is 0 Å². The molecule has 0 saturated carbocycles. The highest BCUT2D eigenvalue weighted by atomic mass is 19.1. The Bertz CT molecular complexity index is 468. The van der Waals surface area contributed by atoms with Gasteiger partial charge in [-0.1, -0.05) is 12.1 Å². The molecule has 1 rings (SSSR count). The second-order valence-electron chi connectivity index (χ2n) is 5.39. The Labute approximate surface area is 113 Å². The van der Waals surface area contributed by atoms with Gasteiger partial charge in [0.25, 0.3) is 0 Å². The number of halogens is 1. The van der Waals surface area contributed by atoms with E-state index in [1.54, 1.807) is 29.2 Å². The number of carbonyl (C=O) groups excluding carboxylic acids is 1. The van der Waals surface area contributed by atoms with Gasteiger partial charge < -0.3 is 4.90 Å². The minimum absolute atomic E-state index is 0.102. The highest BCUT2D eigenvalue weighted by molar-refractivity contribution is 5.79. The molecule has 4 heteroatoms. The summed E-state index contributed by atoms with van der Waals surface area (Å²) in [6.45, 7) is 5.23. The minimum Gasteiger partial charge on any atom is -0.335 e. The van der Waals surface area contributed by atoms with Gasteiger partial charge in [-0.3, -0.25) is 4.79 Å². The maximum atomic E-state index is 12.5. The van der Waals surface area contributed by atoms with E-state index in [-0.39, 0.29) is 18.9 Å². The lowest BCUT2D eigenvalue weighted by Crippen LogP contribution is -2.47. The second-order valence-corrected chi connectivity index (χ2v) is 5.39. The molecule has 0 aliphatic rings. The van der Waals surface area contributed by atoms with Crippen molar-refractivity contribution < 1.29 is 9.18 Å². The summed E-state index contributed by atoms with van der Waals surface area (Å²) in [6, 6.07) is 8.90. The Morgan fingerprint density at radius 1 is 1.32 bits per heavy atom. The first-order chi connectivity index (χ1) is 8.88. The van der Waals surface area contributed by atoms with Crippen LogP contribution in [0.15, 0.2) is 24.3 Å². The van der Waals surface area contributed by atoms with Crippen molar-refractivity contribution in [1.82, 2.24) is 4.90 Å². The molecular formula is C15H19FN2O. The normalized spacial score (nSPS) is 10.9. The molecular weight excluding hydrogens is 243 g/mol. The summed E-state index contributed by atoms with van der Waals surface area (Å²) in [6.07, 6.45) is 0.225. The minimum atomic E-state index is -0.545. The summed E-state index contributed by atoms with van der Waals surface area (Å²) in [7, 11) is 0. The fourth-order valence-corrected chi connectivity index (χ4v) is 1.89. The van der Waals surface area contributed by atoms with Gasteiger partial charge in [0, 0.05) is 12.1 Å². The van der Waals surface area contributed by atoms with Crippen molar-refractivity contribution in [3.63, 3.8) is 0 Å². The van der Waals surface area contributed by atoms with E-state index in [0.717, 1.165) is 5.56 Å². The third-order valence-electron chi connectivity index (χ3n) is 2.86. The average molecular weight is 262 g/mol. The molecule has 0 spiro atoms. The Balaban J connectivity index is 2.79. The number of nitriles is 1. The number of rotatable bonds is 4. The van der Waals surface area contributed by atoms with Crippen LogP contribution in [0.4, 0.5) is 4.39 Å². The summed E-state index contributed by atoms with van der Waals surface area (Å²) in [5.41, 5.74) is 1.00. The van der Waals surface area contributed by atoms with Gasteiger partial charge in [0.1, 0.15) is 6.67 Å². The second kappa shape index (κ2) is 6.33. The van der Waals surface area contributed by atoms with Crippen LogP contribution in [0.3, 0.4) is 0 Å². The molecule has 0 fully saturated rings. The van der Waals surface area contributed by atoms with Crippen molar-refractivity contribution in [1.29, 1.82) is 5.26 Å². The number of benzene rings is 1. The summed E-state index contributed by atoms with van der Waals surface area (Å²) in [5, 5.41) is 8.71. The standard InChI is InChI=1S/C15H19FN2O/c1-15(2,3)18(9-8-16)14(19)10-12-4-6-13(11-17)7-5-12/h4-7H,8-10H2,1-3H3. The first-order valence-corrected chi connectivity index (χ1v) is 6.24. The number of amides is 1. The lowest BCUT2D eigenvalue weighted by molar-refractivity contribution is -0.135. The molecule has 102 valence electrons. The topological polar surface area (TPSA) is 44.1 Å². The summed E-state index contributed by atoms with van der Waals surface area (Å²) in [4.78, 5) is 13.7. The SMILES string of the molecule is CC(C)(C)N(CCF)C(=O)Cc1ccc(C#N)cc1. The van der Waals surface area contributed by atoms with Crippen LogP contribution < -0.4 is 0 Å². The molecule has 0 saturated heterocycles. The predicted molar refractivity (Wildman–Crippen MR) is 72.3 cm³/mol. The van der Waals surface area contributed by atoms with Crippen molar-refractivity contribution in [2.75, 3.05) is 13.2 Å². The van der Waals surface area contributed by atoms with E-state index in [4.69, 9.17) is 5.26 Å². The third kappa shape index (κ3) is 4.36. The molecule has 0 bridgehead atoms. The van der Waals surface area contributed by atoms with Crippen LogP contribution in [-0.4, -0.2) is 29.6 Å². The van der Waals surface area contributed by atoms with Crippen molar-refractivity contribution in [2.24, 2.45) is 0 Å². The van der Waals surface area contributed by atoms with Gasteiger partial charge in [-0.25, -0.2) is 4.39 Å². The van der Waals surface area contributed by atoms with Gasteiger partial charge >= 0.3 is 0 Å². The quantitative estimate of drug-likeness (QED) is 0.837. The summed E-state index contributed by atoms with van der Waals surface area (Å²) < 4.78 is 12.5. The third-order valence-corrected chi connectivity index (χ3v) is 2.86. The zero-order valence-corrected chi connectivity index (χ0v) is 11.6. The van der Waals surface area contributed by atoms with Crippen LogP contribution >= 0.6 is 0 Å². The number of carbonyl (C=O) groups is 1. The molecule has 0 heterocycles. The maximum Gasteiger partial charge on any atom is 0.227 e. The fraction of sp³-hybridized carbons (Fsp3) is 0.467. The van der Waals surface area contributed by atoms with E-state index < -0.39 is 12.2 Å². The molecule has 19 heavy (non-hydrogen) atoms. The molecule has 0 aromatic heterocycles. The van der Waals surface area contributed by atoms with Gasteiger partial charge in [0.05, 0.1) is 18.1 Å². The van der Waals surface area contributed by atoms with Crippen LogP contribution in [0.5, 0.6) is 0 Å². The molecule has 0 aliphatic carbocycles. The first-order valence-electron chi connectivity index (χ1n) is 6.24. The van der Waals surface area contributed by atoms with Gasteiger partial charge in [-0.15, -0.1) is 0 Å². The number of hydrogen-bond donors (Lipinski definition) is 0. The first kappa shape index (κ1) is 15.2. The van der Waals surface area contributed by atoms with Crippen LogP contribution in [0.25, 0.3) is 0 Å². The number of alkyl halides is 1. The van der Waals surface area contributed by atoms with Crippen LogP contribution in [0.1, 0.15) is 31.9 Å². The highest BCUT2D eigenvalue weighted by Crippen LogP contribution is 2.15. The van der Waals surface area contributed by atoms with E-state index >= 15 is 0 Å². The van der Waals surface area contributed by atoms with E-state index in [1.165, 1.54) is 0 Å². The Morgan fingerprint density at radius 2 is 1.89 bits per heavy atom. The van der Waals surface area contributed by atoms with Gasteiger partial charge in [0.15, 0.2) is 0 Å². The molecule has 0 radical (unpaired) electrons. The molecule has 1 aromatic rings. The largest absolute Gasteiger partial charge is 0.335 e. The van der Waals surface area contributed by atoms with Gasteiger partial charge in [-0.2, -0.15) is 5.26 Å². The van der Waals surface area contributed by atoms with Crippen LogP contribution in [-0.2, 0) is 11.2 Å². The molecule has 1 aromatic carbocycles. The summed E-state index contributed by atoms with van der Waals surface area (Å²) in [5.74, 6) is -0.102. The van der Waals surface area contributed by atoms with Gasteiger partial charge in [-0.05, 0) is 38.5 Å². The number of hydrogen-bond acceptors (Lipinski definition) is 2. The molecule has 0 atom stereocenters. The Morgan fingerprint density at radius 3 is 2.32 bits per heavy atom. The lowest BCUT2D eigenvalue weighted by Gasteiger charge is -2.35. The van der Waals surface area contributed by atoms with Crippen molar-refractivity contribution in [3.05, 3.63) is 35.4 Å². The fourth-order valence-electron chi connectivity index (χ4n) is 1.89. The predicted octanol–water partition coefficient (Wildman–Crippen LogP) is 2.70. The molecule has 1 amide bonds. The molecule has 0 unspecified atom stereocenters. The Hall–Kier alpha value is -1.89. The maximum absolute atomic E-state index is 12.5. The lowest BCUT2D eigenvalue weighted by atomic mass is 10.0. The van der Waals surface area contributed by atoms with Crippen molar-refractivity contribution >= 4 is 5.91 Å². The average Bonchev–Trinajstić information content (AvgIpc) is 2.35. The zero-order chi connectivity index (χ0) is 14.5. The zero-order valence-electron chi connectivity index (χ0n) is 11.6. The summed E-state index contributed by atoms with van der Waals surface area (Å²) >= 11 is 0. The van der Waals surface area contributed by atoms with E-state index in [1.807, 2.05) is 26.8 Å².